The highest BCUT2D eigenvalue weighted by Crippen LogP contribution is 2.28. The SMILES string of the molecule is OC[C@H]1O[C@H](OCC2CCC(O)C(O)C2O)[C@H](O)[C@@H](O)[C@@H]1O. The van der Waals surface area contributed by atoms with Gasteiger partial charge in [0.1, 0.15) is 30.5 Å². The molecule has 0 aromatic carbocycles. The van der Waals surface area contributed by atoms with Gasteiger partial charge in [-0.1, -0.05) is 0 Å². The summed E-state index contributed by atoms with van der Waals surface area (Å²) >= 11 is 0. The van der Waals surface area contributed by atoms with Gasteiger partial charge in [-0.15, -0.1) is 0 Å². The van der Waals surface area contributed by atoms with Crippen molar-refractivity contribution in [2.75, 3.05) is 13.2 Å². The third-order valence-corrected chi connectivity index (χ3v) is 4.38. The van der Waals surface area contributed by atoms with E-state index in [0.717, 1.165) is 0 Å². The van der Waals surface area contributed by atoms with E-state index >= 15 is 0 Å². The van der Waals surface area contributed by atoms with Crippen molar-refractivity contribution in [2.24, 2.45) is 5.92 Å². The molecule has 1 saturated heterocycles. The summed E-state index contributed by atoms with van der Waals surface area (Å²) in [6.45, 7) is -0.630. The number of aliphatic hydroxyl groups is 7. The van der Waals surface area contributed by atoms with E-state index in [9.17, 15) is 30.6 Å². The zero-order valence-corrected chi connectivity index (χ0v) is 12.0. The molecule has 0 aromatic rings. The Morgan fingerprint density at radius 3 is 2.14 bits per heavy atom. The zero-order chi connectivity index (χ0) is 16.4. The van der Waals surface area contributed by atoms with Gasteiger partial charge in [0.2, 0.25) is 0 Å². The van der Waals surface area contributed by atoms with E-state index in [0.29, 0.717) is 12.8 Å². The molecule has 1 aliphatic carbocycles. The average molecular weight is 324 g/mol. The van der Waals surface area contributed by atoms with Crippen LogP contribution < -0.4 is 0 Å². The Morgan fingerprint density at radius 1 is 0.818 bits per heavy atom. The van der Waals surface area contributed by atoms with E-state index in [1.807, 2.05) is 0 Å². The van der Waals surface area contributed by atoms with Crippen molar-refractivity contribution >= 4 is 0 Å². The summed E-state index contributed by atoms with van der Waals surface area (Å²) < 4.78 is 10.5. The summed E-state index contributed by atoms with van der Waals surface area (Å²) in [6.07, 6.45) is -9.54. The highest BCUT2D eigenvalue weighted by Gasteiger charge is 2.45. The summed E-state index contributed by atoms with van der Waals surface area (Å²) in [7, 11) is 0. The molecule has 0 aromatic heterocycles. The van der Waals surface area contributed by atoms with Crippen molar-refractivity contribution in [1.82, 2.24) is 0 Å². The average Bonchev–Trinajstić information content (AvgIpc) is 2.51. The van der Waals surface area contributed by atoms with E-state index < -0.39 is 61.5 Å². The third-order valence-electron chi connectivity index (χ3n) is 4.38. The summed E-state index contributed by atoms with van der Waals surface area (Å²) in [5.74, 6) is -0.467. The van der Waals surface area contributed by atoms with Gasteiger partial charge < -0.3 is 45.2 Å². The van der Waals surface area contributed by atoms with E-state index in [4.69, 9.17) is 14.6 Å². The van der Waals surface area contributed by atoms with Crippen molar-refractivity contribution in [2.45, 2.75) is 61.9 Å². The lowest BCUT2D eigenvalue weighted by Gasteiger charge is -2.41. The van der Waals surface area contributed by atoms with Crippen molar-refractivity contribution in [3.05, 3.63) is 0 Å². The minimum Gasteiger partial charge on any atom is -0.394 e. The van der Waals surface area contributed by atoms with Gasteiger partial charge in [0.05, 0.1) is 25.4 Å². The largest absolute Gasteiger partial charge is 0.394 e. The molecule has 130 valence electrons. The fourth-order valence-electron chi connectivity index (χ4n) is 2.84. The molecule has 0 spiro atoms. The molecule has 0 radical (unpaired) electrons. The third kappa shape index (κ3) is 3.58. The van der Waals surface area contributed by atoms with E-state index in [2.05, 4.69) is 0 Å². The van der Waals surface area contributed by atoms with Crippen molar-refractivity contribution in [3.63, 3.8) is 0 Å². The number of rotatable bonds is 4. The molecular weight excluding hydrogens is 300 g/mol. The van der Waals surface area contributed by atoms with Crippen molar-refractivity contribution in [1.29, 1.82) is 0 Å². The Labute approximate surface area is 127 Å². The lowest BCUT2D eigenvalue weighted by Crippen LogP contribution is -2.59. The number of hydrogen-bond acceptors (Lipinski definition) is 9. The van der Waals surface area contributed by atoms with Crippen LogP contribution >= 0.6 is 0 Å². The molecule has 9 atom stereocenters. The van der Waals surface area contributed by atoms with Gasteiger partial charge in [0.25, 0.3) is 0 Å². The first-order valence-electron chi connectivity index (χ1n) is 7.33. The first-order valence-corrected chi connectivity index (χ1v) is 7.33. The minimum atomic E-state index is -1.53. The molecule has 0 bridgehead atoms. The predicted molar refractivity (Wildman–Crippen MR) is 70.5 cm³/mol. The van der Waals surface area contributed by atoms with Crippen molar-refractivity contribution < 1.29 is 45.2 Å². The van der Waals surface area contributed by atoms with Crippen LogP contribution in [0, 0.1) is 5.92 Å². The maximum Gasteiger partial charge on any atom is 0.186 e. The van der Waals surface area contributed by atoms with Crippen molar-refractivity contribution in [3.8, 4) is 0 Å². The van der Waals surface area contributed by atoms with Gasteiger partial charge in [-0.3, -0.25) is 0 Å². The molecule has 9 nitrogen and oxygen atoms in total. The van der Waals surface area contributed by atoms with Crippen LogP contribution in [0.3, 0.4) is 0 Å². The number of ether oxygens (including phenoxy) is 2. The fraction of sp³-hybridized carbons (Fsp3) is 1.00. The fourth-order valence-corrected chi connectivity index (χ4v) is 2.84. The van der Waals surface area contributed by atoms with Crippen LogP contribution in [-0.4, -0.2) is 98.0 Å². The predicted octanol–water partition coefficient (Wildman–Crippen LogP) is -3.70. The minimum absolute atomic E-state index is 0.0758. The normalized spacial score (nSPS) is 50.0. The number of aliphatic hydroxyl groups excluding tert-OH is 7. The first-order chi connectivity index (χ1) is 10.4. The van der Waals surface area contributed by atoms with Gasteiger partial charge in [0, 0.05) is 5.92 Å². The molecule has 2 rings (SSSR count). The Kier molecular flexibility index (Phi) is 6.11. The number of hydrogen-bond donors (Lipinski definition) is 7. The van der Waals surface area contributed by atoms with E-state index in [1.54, 1.807) is 0 Å². The maximum absolute atomic E-state index is 9.87. The standard InChI is InChI=1S/C13H24O9/c14-3-7-10(18)11(19)12(20)13(22-7)21-4-5-1-2-6(15)9(17)8(5)16/h5-20H,1-4H2/t5?,6?,7-,8?,9?,10-,11+,12-,13+/m1/s1. The Bertz CT molecular complexity index is 352. The molecule has 2 aliphatic rings. The van der Waals surface area contributed by atoms with Crippen LogP contribution in [0.15, 0.2) is 0 Å². The van der Waals surface area contributed by atoms with Gasteiger partial charge in [0.15, 0.2) is 6.29 Å². The Morgan fingerprint density at radius 2 is 1.50 bits per heavy atom. The summed E-state index contributed by atoms with van der Waals surface area (Å²) in [5, 5.41) is 67.1. The topological polar surface area (TPSA) is 160 Å². The smallest absolute Gasteiger partial charge is 0.186 e. The highest BCUT2D eigenvalue weighted by atomic mass is 16.7. The van der Waals surface area contributed by atoms with E-state index in [1.165, 1.54) is 0 Å². The summed E-state index contributed by atoms with van der Waals surface area (Å²) in [4.78, 5) is 0. The van der Waals surface area contributed by atoms with Crippen LogP contribution in [-0.2, 0) is 9.47 Å². The second kappa shape index (κ2) is 7.47. The maximum atomic E-state index is 9.87. The van der Waals surface area contributed by atoms with Crippen LogP contribution in [0.25, 0.3) is 0 Å². The monoisotopic (exact) mass is 324 g/mol. The van der Waals surface area contributed by atoms with Crippen LogP contribution in [0.4, 0.5) is 0 Å². The molecule has 22 heavy (non-hydrogen) atoms. The van der Waals surface area contributed by atoms with Gasteiger partial charge in [-0.25, -0.2) is 0 Å². The van der Waals surface area contributed by atoms with Gasteiger partial charge in [-0.05, 0) is 12.8 Å². The van der Waals surface area contributed by atoms with Gasteiger partial charge in [-0.2, -0.15) is 0 Å². The second-order valence-corrected chi connectivity index (χ2v) is 5.92. The Balaban J connectivity index is 1.90. The molecule has 1 saturated carbocycles. The molecule has 1 heterocycles. The lowest BCUT2D eigenvalue weighted by atomic mass is 9.83. The van der Waals surface area contributed by atoms with Crippen LogP contribution in [0.5, 0.6) is 0 Å². The zero-order valence-electron chi connectivity index (χ0n) is 12.0. The van der Waals surface area contributed by atoms with Gasteiger partial charge >= 0.3 is 0 Å². The molecule has 7 N–H and O–H groups in total. The molecular formula is C13H24O9. The first kappa shape index (κ1) is 18.0. The molecule has 2 fully saturated rings. The molecule has 0 amide bonds. The van der Waals surface area contributed by atoms with Crippen LogP contribution in [0.1, 0.15) is 12.8 Å². The summed E-state index contributed by atoms with van der Waals surface area (Å²) in [5.41, 5.74) is 0. The lowest BCUT2D eigenvalue weighted by molar-refractivity contribution is -0.305. The molecule has 9 heteroatoms. The Hall–Kier alpha value is -0.360. The second-order valence-electron chi connectivity index (χ2n) is 5.92. The molecule has 4 unspecified atom stereocenters. The highest BCUT2D eigenvalue weighted by molar-refractivity contribution is 4.90. The van der Waals surface area contributed by atoms with Crippen LogP contribution in [0.2, 0.25) is 0 Å². The quantitative estimate of drug-likeness (QED) is 0.276. The molecule has 1 aliphatic heterocycles. The summed E-state index contributed by atoms with van der Waals surface area (Å²) in [6, 6.07) is 0. The van der Waals surface area contributed by atoms with E-state index in [-0.39, 0.29) is 6.61 Å².